The van der Waals surface area contributed by atoms with Gasteiger partial charge in [0.05, 0.1) is 11.4 Å². The van der Waals surface area contributed by atoms with Gasteiger partial charge in [0, 0.05) is 111 Å². The fraction of sp³-hybridized carbons (Fsp3) is 0.366. The summed E-state index contributed by atoms with van der Waals surface area (Å²) in [6.07, 6.45) is 1.88. The molecule has 280 valence electrons. The molecule has 4 heterocycles. The van der Waals surface area contributed by atoms with Crippen LogP contribution in [0, 0.1) is 13.8 Å². The van der Waals surface area contributed by atoms with Gasteiger partial charge in [-0.3, -0.25) is 15.1 Å². The zero-order valence-corrected chi connectivity index (χ0v) is 32.0. The summed E-state index contributed by atoms with van der Waals surface area (Å²) in [7, 11) is 0. The van der Waals surface area contributed by atoms with Crippen molar-refractivity contribution in [3.63, 3.8) is 0 Å². The Morgan fingerprint density at radius 2 is 1.06 bits per heavy atom. The molecule has 0 aliphatic carbocycles. The number of fused-ring (bicyclic) bond motifs is 2. The van der Waals surface area contributed by atoms with Gasteiger partial charge in [-0.1, -0.05) is 80.2 Å². The second-order valence-corrected chi connectivity index (χ2v) is 13.2. The number of aryl methyl sites for hydroxylation is 3. The molecule has 0 unspecified atom stereocenters. The maximum atomic E-state index is 5.49. The van der Waals surface area contributed by atoms with Crippen molar-refractivity contribution in [2.75, 3.05) is 74.6 Å². The molecule has 2 saturated heterocycles. The van der Waals surface area contributed by atoms with Crippen molar-refractivity contribution < 1.29 is 0 Å². The molecule has 6 aromatic rings. The average molecular weight is 766 g/mol. The van der Waals surface area contributed by atoms with Gasteiger partial charge in [0.2, 0.25) is 0 Å². The first-order valence-corrected chi connectivity index (χ1v) is 18.1. The van der Waals surface area contributed by atoms with Gasteiger partial charge >= 0.3 is 0 Å². The number of hydrogen-bond donors (Lipinski definition) is 3. The van der Waals surface area contributed by atoms with E-state index in [1.54, 1.807) is 0 Å². The van der Waals surface area contributed by atoms with Crippen molar-refractivity contribution in [2.45, 2.75) is 34.1 Å². The van der Waals surface area contributed by atoms with E-state index < -0.39 is 0 Å². The second-order valence-electron chi connectivity index (χ2n) is 12.8. The van der Waals surface area contributed by atoms with Crippen LogP contribution in [-0.2, 0) is 12.8 Å². The summed E-state index contributed by atoms with van der Waals surface area (Å²) in [6.45, 7) is 13.9. The Morgan fingerprint density at radius 3 is 1.54 bits per heavy atom. The zero-order chi connectivity index (χ0) is 33.8. The van der Waals surface area contributed by atoms with E-state index in [0.29, 0.717) is 5.88 Å². The summed E-state index contributed by atoms with van der Waals surface area (Å²) in [6, 6.07) is 34.6. The highest BCUT2D eigenvalue weighted by molar-refractivity contribution is 6.17. The lowest BCUT2D eigenvalue weighted by atomic mass is 10.1. The quantitative estimate of drug-likeness (QED) is 0.142. The van der Waals surface area contributed by atoms with Gasteiger partial charge < -0.3 is 15.1 Å². The van der Waals surface area contributed by atoms with Crippen LogP contribution in [0.4, 0.5) is 11.4 Å². The van der Waals surface area contributed by atoms with Gasteiger partial charge in [-0.2, -0.15) is 10.2 Å². The van der Waals surface area contributed by atoms with Gasteiger partial charge in [-0.25, -0.2) is 0 Å². The van der Waals surface area contributed by atoms with Crippen LogP contribution < -0.4 is 15.1 Å². The number of hydrogen-bond acceptors (Lipinski definition) is 6. The molecule has 2 aromatic heterocycles. The Morgan fingerprint density at radius 1 is 0.596 bits per heavy atom. The largest absolute Gasteiger partial charge is 0.368 e. The number of halogens is 3. The molecule has 2 aliphatic rings. The van der Waals surface area contributed by atoms with E-state index in [4.69, 9.17) is 11.6 Å². The molecule has 11 heteroatoms. The fourth-order valence-electron chi connectivity index (χ4n) is 6.66. The first kappa shape index (κ1) is 42.6. The van der Waals surface area contributed by atoms with E-state index in [1.165, 1.54) is 38.6 Å². The molecular formula is C41H55Cl3N8. The van der Waals surface area contributed by atoms with E-state index in [-0.39, 0.29) is 32.2 Å². The third-order valence-electron chi connectivity index (χ3n) is 9.26. The molecule has 0 saturated carbocycles. The summed E-state index contributed by atoms with van der Waals surface area (Å²) >= 11 is 5.49. The van der Waals surface area contributed by atoms with E-state index in [2.05, 4.69) is 138 Å². The summed E-state index contributed by atoms with van der Waals surface area (Å²) in [5.74, 6) is 0.643. The van der Waals surface area contributed by atoms with Crippen LogP contribution in [-0.4, -0.2) is 90.1 Å². The van der Waals surface area contributed by atoms with Crippen molar-refractivity contribution in [2.24, 2.45) is 0 Å². The molecule has 0 bridgehead atoms. The van der Waals surface area contributed by atoms with Crippen molar-refractivity contribution in [1.29, 1.82) is 0 Å². The Balaban J connectivity index is 0.000000226. The maximum Gasteiger partial charge on any atom is 0.0637 e. The molecular weight excluding hydrogens is 711 g/mol. The number of alkyl halides is 1. The second kappa shape index (κ2) is 21.7. The van der Waals surface area contributed by atoms with Crippen LogP contribution >= 0.6 is 36.4 Å². The van der Waals surface area contributed by atoms with E-state index in [0.717, 1.165) is 88.8 Å². The zero-order valence-electron chi connectivity index (χ0n) is 29.7. The highest BCUT2D eigenvalue weighted by Crippen LogP contribution is 2.28. The van der Waals surface area contributed by atoms with Gasteiger partial charge in [0.25, 0.3) is 0 Å². The monoisotopic (exact) mass is 764 g/mol. The Bertz CT molecular complexity index is 1880. The number of aromatic amines is 2. The van der Waals surface area contributed by atoms with E-state index in [1.807, 2.05) is 13.0 Å². The van der Waals surface area contributed by atoms with Crippen LogP contribution in [0.1, 0.15) is 30.2 Å². The van der Waals surface area contributed by atoms with Crippen LogP contribution in [0.3, 0.4) is 0 Å². The van der Waals surface area contributed by atoms with Gasteiger partial charge in [-0.05, 0) is 48.9 Å². The molecule has 0 radical (unpaired) electrons. The summed E-state index contributed by atoms with van der Waals surface area (Å²) in [5.41, 5.74) is 7.20. The van der Waals surface area contributed by atoms with Crippen LogP contribution in [0.2, 0.25) is 0 Å². The topological polar surface area (TPSA) is 79.1 Å². The number of anilines is 2. The molecule has 3 N–H and O–H groups in total. The van der Waals surface area contributed by atoms with Crippen molar-refractivity contribution in [3.8, 4) is 0 Å². The molecule has 2 aliphatic heterocycles. The van der Waals surface area contributed by atoms with Gasteiger partial charge in [-0.15, -0.1) is 36.4 Å². The van der Waals surface area contributed by atoms with Crippen molar-refractivity contribution >= 4 is 69.3 Å². The third kappa shape index (κ3) is 11.6. The minimum atomic E-state index is 0. The molecule has 2 fully saturated rings. The lowest BCUT2D eigenvalue weighted by molar-refractivity contribution is 0.260. The Labute approximate surface area is 327 Å². The number of nitrogens with zero attached hydrogens (tertiary/aromatic N) is 5. The molecule has 0 amide bonds. The number of aromatic nitrogens is 4. The lowest BCUT2D eigenvalue weighted by Gasteiger charge is -2.36. The summed E-state index contributed by atoms with van der Waals surface area (Å²) in [5, 5.41) is 23.0. The minimum absolute atomic E-state index is 0. The van der Waals surface area contributed by atoms with Crippen LogP contribution in [0.15, 0.2) is 97.1 Å². The molecule has 0 atom stereocenters. The summed E-state index contributed by atoms with van der Waals surface area (Å²) in [4.78, 5) is 7.54. The average Bonchev–Trinajstić information content (AvgIpc) is 3.78. The fourth-order valence-corrected chi connectivity index (χ4v) is 6.85. The van der Waals surface area contributed by atoms with Crippen LogP contribution in [0.25, 0.3) is 21.5 Å². The normalized spacial score (nSPS) is 14.2. The predicted octanol–water partition coefficient (Wildman–Crippen LogP) is 8.46. The Kier molecular flexibility index (Phi) is 17.8. The molecule has 8 rings (SSSR count). The molecule has 4 aromatic carbocycles. The predicted molar refractivity (Wildman–Crippen MR) is 228 cm³/mol. The number of nitrogens with one attached hydrogen (secondary N) is 3. The standard InChI is InChI=1S/C20H24N4.C14H16N2.C6H9ClN2.CH4.2ClH/c1-16-15-18(22-21-16)9-10-23-11-13-24(14-12-23)20-8-4-6-17-5-2-3-7-19(17)20;1-2-6-13-12(4-1)5-3-7-14(13)16-10-8-15-9-11-16;1-5-4-6(2-3-7)9-8-5;;;/h2-8,15H,9-14H2,1H3,(H,21,22);1-7,15H,8-11H2;4H,2-3H2,1H3,(H,8,9);1H4;2*1H. The number of benzene rings is 4. The Hall–Kier alpha value is -3.79. The SMILES string of the molecule is C.Cc1cc(CCCl)n[nH]1.Cc1cc(CCN2CCN(c3cccc4ccccc34)CC2)n[nH]1.Cl.Cl.c1ccc2c(N3CCNCC3)cccc2c1. The van der Waals surface area contributed by atoms with Crippen molar-refractivity contribution in [3.05, 3.63) is 120 Å². The molecule has 52 heavy (non-hydrogen) atoms. The highest BCUT2D eigenvalue weighted by Gasteiger charge is 2.18. The number of H-pyrrole nitrogens is 2. The highest BCUT2D eigenvalue weighted by atomic mass is 35.5. The third-order valence-corrected chi connectivity index (χ3v) is 9.45. The number of piperazine rings is 2. The van der Waals surface area contributed by atoms with Gasteiger partial charge in [0.15, 0.2) is 0 Å². The minimum Gasteiger partial charge on any atom is -0.368 e. The molecule has 0 spiro atoms. The van der Waals surface area contributed by atoms with Crippen LogP contribution in [0.5, 0.6) is 0 Å². The number of rotatable bonds is 7. The van der Waals surface area contributed by atoms with Crippen molar-refractivity contribution in [1.82, 2.24) is 30.6 Å². The first-order valence-electron chi connectivity index (χ1n) is 17.5. The van der Waals surface area contributed by atoms with E-state index >= 15 is 0 Å². The van der Waals surface area contributed by atoms with Gasteiger partial charge in [0.1, 0.15) is 0 Å². The smallest absolute Gasteiger partial charge is 0.0637 e. The first-order chi connectivity index (χ1) is 24.1. The van der Waals surface area contributed by atoms with E-state index in [9.17, 15) is 0 Å². The molecule has 8 nitrogen and oxygen atoms in total. The summed E-state index contributed by atoms with van der Waals surface area (Å²) < 4.78 is 0. The lowest BCUT2D eigenvalue weighted by Crippen LogP contribution is -2.47. The maximum absolute atomic E-state index is 5.49.